The third kappa shape index (κ3) is 2.58. The Morgan fingerprint density at radius 2 is 2.35 bits per heavy atom. The van der Waals surface area contributed by atoms with E-state index in [1.807, 2.05) is 12.4 Å². The average molecular weight is 251 g/mol. The summed E-state index contributed by atoms with van der Waals surface area (Å²) in [6.07, 6.45) is 3.77. The molecule has 2 heterocycles. The molecular formula is C11H17N5S. The minimum Gasteiger partial charge on any atom is -0.394 e. The van der Waals surface area contributed by atoms with Gasteiger partial charge in [0.25, 0.3) is 0 Å². The third-order valence-corrected chi connectivity index (χ3v) is 3.32. The second-order valence-electron chi connectivity index (χ2n) is 3.86. The van der Waals surface area contributed by atoms with Crippen molar-refractivity contribution in [1.82, 2.24) is 14.8 Å². The van der Waals surface area contributed by atoms with Gasteiger partial charge >= 0.3 is 0 Å². The number of nitrogen functional groups attached to an aromatic ring is 1. The zero-order valence-corrected chi connectivity index (χ0v) is 10.9. The van der Waals surface area contributed by atoms with Gasteiger partial charge in [-0.2, -0.15) is 5.10 Å². The van der Waals surface area contributed by atoms with E-state index >= 15 is 0 Å². The van der Waals surface area contributed by atoms with Crippen molar-refractivity contribution in [3.63, 3.8) is 0 Å². The monoisotopic (exact) mass is 251 g/mol. The summed E-state index contributed by atoms with van der Waals surface area (Å²) in [7, 11) is 1.90. The molecule has 2 rings (SSSR count). The lowest BCUT2D eigenvalue weighted by atomic mass is 10.2. The van der Waals surface area contributed by atoms with E-state index < -0.39 is 0 Å². The van der Waals surface area contributed by atoms with E-state index in [1.54, 1.807) is 22.2 Å². The summed E-state index contributed by atoms with van der Waals surface area (Å²) < 4.78 is 1.80. The molecule has 5 nitrogen and oxygen atoms in total. The fourth-order valence-corrected chi connectivity index (χ4v) is 2.28. The van der Waals surface area contributed by atoms with Crippen molar-refractivity contribution >= 4 is 22.8 Å². The Bertz CT molecular complexity index is 474. The number of thiazole rings is 1. The number of rotatable bonds is 5. The topological polar surface area (TPSA) is 68.8 Å². The fraction of sp³-hybridized carbons (Fsp3) is 0.455. The number of hydrogen-bond donors (Lipinski definition) is 2. The fourth-order valence-electron chi connectivity index (χ4n) is 1.73. The normalized spacial score (nSPS) is 10.7. The van der Waals surface area contributed by atoms with Gasteiger partial charge in [-0.3, -0.25) is 4.68 Å². The largest absolute Gasteiger partial charge is 0.394 e. The minimum atomic E-state index is 0.687. The first-order valence-electron chi connectivity index (χ1n) is 5.66. The molecule has 92 valence electrons. The lowest BCUT2D eigenvalue weighted by Crippen LogP contribution is -2.06. The second-order valence-corrected chi connectivity index (χ2v) is 4.84. The van der Waals surface area contributed by atoms with Crippen LogP contribution in [0.15, 0.2) is 11.6 Å². The minimum absolute atomic E-state index is 0.687. The Hall–Kier alpha value is -1.56. The van der Waals surface area contributed by atoms with Crippen molar-refractivity contribution < 1.29 is 0 Å². The molecule has 0 aliphatic carbocycles. The van der Waals surface area contributed by atoms with E-state index in [-0.39, 0.29) is 0 Å². The van der Waals surface area contributed by atoms with Crippen molar-refractivity contribution in [3.8, 4) is 0 Å². The van der Waals surface area contributed by atoms with Gasteiger partial charge in [0.05, 0.1) is 17.9 Å². The summed E-state index contributed by atoms with van der Waals surface area (Å²) in [5.74, 6) is 0.878. The summed E-state index contributed by atoms with van der Waals surface area (Å²) in [6, 6.07) is 0. The van der Waals surface area contributed by atoms with Crippen LogP contribution in [0.25, 0.3) is 0 Å². The molecule has 0 fully saturated rings. The number of hydrogen-bond acceptors (Lipinski definition) is 5. The van der Waals surface area contributed by atoms with E-state index in [0.29, 0.717) is 6.54 Å². The molecule has 0 aromatic carbocycles. The van der Waals surface area contributed by atoms with Crippen LogP contribution in [0.5, 0.6) is 0 Å². The van der Waals surface area contributed by atoms with Crippen molar-refractivity contribution in [1.29, 1.82) is 0 Å². The number of nitrogens with two attached hydrogens (primary N) is 1. The van der Waals surface area contributed by atoms with Crippen molar-refractivity contribution in [3.05, 3.63) is 22.3 Å². The molecule has 17 heavy (non-hydrogen) atoms. The van der Waals surface area contributed by atoms with Crippen LogP contribution < -0.4 is 11.1 Å². The predicted octanol–water partition coefficient (Wildman–Crippen LogP) is 2.02. The number of nitrogens with zero attached hydrogens (tertiary/aromatic N) is 3. The third-order valence-electron chi connectivity index (χ3n) is 2.54. The quantitative estimate of drug-likeness (QED) is 0.853. The highest BCUT2D eigenvalue weighted by Crippen LogP contribution is 2.23. The van der Waals surface area contributed by atoms with Gasteiger partial charge in [-0.1, -0.05) is 13.3 Å². The Morgan fingerprint density at radius 3 is 3.00 bits per heavy atom. The van der Waals surface area contributed by atoms with Crippen LogP contribution in [0.2, 0.25) is 0 Å². The molecule has 0 bridgehead atoms. The van der Waals surface area contributed by atoms with Crippen LogP contribution in [-0.2, 0) is 20.0 Å². The summed E-state index contributed by atoms with van der Waals surface area (Å²) in [5, 5.41) is 10.7. The maximum atomic E-state index is 6.07. The molecule has 6 heteroatoms. The first-order valence-corrected chi connectivity index (χ1v) is 6.54. The molecule has 0 saturated heterocycles. The number of aryl methyl sites for hydroxylation is 2. The van der Waals surface area contributed by atoms with Gasteiger partial charge in [-0.05, 0) is 6.42 Å². The van der Waals surface area contributed by atoms with Gasteiger partial charge in [-0.25, -0.2) is 4.98 Å². The van der Waals surface area contributed by atoms with E-state index in [0.717, 1.165) is 35.0 Å². The van der Waals surface area contributed by atoms with E-state index in [1.165, 1.54) is 0 Å². The number of anilines is 2. The molecule has 2 aromatic rings. The van der Waals surface area contributed by atoms with Crippen LogP contribution >= 0.6 is 11.3 Å². The number of aromatic nitrogens is 3. The zero-order valence-electron chi connectivity index (χ0n) is 10.1. The highest BCUT2D eigenvalue weighted by atomic mass is 32.1. The Kier molecular flexibility index (Phi) is 3.63. The van der Waals surface area contributed by atoms with E-state index in [4.69, 9.17) is 5.73 Å². The van der Waals surface area contributed by atoms with Crippen molar-refractivity contribution in [2.75, 3.05) is 11.1 Å². The number of nitrogens with one attached hydrogen (secondary N) is 1. The summed E-state index contributed by atoms with van der Waals surface area (Å²) in [4.78, 5) is 4.22. The Labute approximate surface area is 105 Å². The van der Waals surface area contributed by atoms with Crippen LogP contribution in [0.1, 0.15) is 24.0 Å². The molecule has 0 unspecified atom stereocenters. The molecule has 0 saturated carbocycles. The molecule has 2 aromatic heterocycles. The molecule has 0 radical (unpaired) electrons. The highest BCUT2D eigenvalue weighted by Gasteiger charge is 2.12. The van der Waals surface area contributed by atoms with Gasteiger partial charge in [0.15, 0.2) is 0 Å². The summed E-state index contributed by atoms with van der Waals surface area (Å²) >= 11 is 1.63. The first kappa shape index (κ1) is 11.9. The maximum absolute atomic E-state index is 6.07. The molecule has 3 N–H and O–H groups in total. The van der Waals surface area contributed by atoms with Gasteiger partial charge in [0, 0.05) is 18.6 Å². The van der Waals surface area contributed by atoms with Gasteiger partial charge in [0.2, 0.25) is 0 Å². The van der Waals surface area contributed by atoms with E-state index in [2.05, 4.69) is 22.3 Å². The molecule has 0 amide bonds. The lowest BCUT2D eigenvalue weighted by molar-refractivity contribution is 0.735. The zero-order chi connectivity index (χ0) is 12.3. The van der Waals surface area contributed by atoms with Gasteiger partial charge in [0.1, 0.15) is 10.8 Å². The molecular weight excluding hydrogens is 234 g/mol. The second kappa shape index (κ2) is 5.18. The Balaban J connectivity index is 2.10. The van der Waals surface area contributed by atoms with Gasteiger partial charge < -0.3 is 11.1 Å². The average Bonchev–Trinajstić information content (AvgIpc) is 2.88. The predicted molar refractivity (Wildman–Crippen MR) is 71.1 cm³/mol. The SMILES string of the molecule is CCCc1nn(C)c(NCc2nccs2)c1N. The molecule has 0 aliphatic rings. The molecule has 0 spiro atoms. The van der Waals surface area contributed by atoms with Crippen LogP contribution in [0.3, 0.4) is 0 Å². The lowest BCUT2D eigenvalue weighted by Gasteiger charge is -2.05. The standard InChI is InChI=1S/C11H17N5S/c1-3-4-8-10(12)11(16(2)15-8)14-7-9-13-5-6-17-9/h5-6,14H,3-4,7,12H2,1-2H3. The first-order chi connectivity index (χ1) is 8.22. The van der Waals surface area contributed by atoms with Crippen molar-refractivity contribution in [2.24, 2.45) is 7.05 Å². The van der Waals surface area contributed by atoms with Crippen LogP contribution in [-0.4, -0.2) is 14.8 Å². The smallest absolute Gasteiger partial charge is 0.148 e. The Morgan fingerprint density at radius 1 is 1.53 bits per heavy atom. The van der Waals surface area contributed by atoms with Crippen LogP contribution in [0, 0.1) is 0 Å². The van der Waals surface area contributed by atoms with Crippen LogP contribution in [0.4, 0.5) is 11.5 Å². The molecule has 0 aliphatic heterocycles. The van der Waals surface area contributed by atoms with Gasteiger partial charge in [-0.15, -0.1) is 11.3 Å². The summed E-state index contributed by atoms with van der Waals surface area (Å²) in [5.41, 5.74) is 7.79. The van der Waals surface area contributed by atoms with E-state index in [9.17, 15) is 0 Å². The maximum Gasteiger partial charge on any atom is 0.148 e. The van der Waals surface area contributed by atoms with Crippen molar-refractivity contribution in [2.45, 2.75) is 26.3 Å². The summed E-state index contributed by atoms with van der Waals surface area (Å²) in [6.45, 7) is 2.81. The highest BCUT2D eigenvalue weighted by molar-refractivity contribution is 7.09. The molecule has 0 atom stereocenters.